The maximum Gasteiger partial charge on any atom is 0.187 e. The van der Waals surface area contributed by atoms with Crippen molar-refractivity contribution in [1.29, 1.82) is 0 Å². The lowest BCUT2D eigenvalue weighted by atomic mass is 9.86. The average Bonchev–Trinajstić information content (AvgIpc) is 2.56. The van der Waals surface area contributed by atoms with Crippen molar-refractivity contribution in [2.24, 2.45) is 11.0 Å². The van der Waals surface area contributed by atoms with E-state index in [9.17, 15) is 0 Å². The van der Waals surface area contributed by atoms with Gasteiger partial charge in [-0.3, -0.25) is 5.43 Å². The van der Waals surface area contributed by atoms with Crippen LogP contribution in [0, 0.1) is 5.92 Å². The van der Waals surface area contributed by atoms with Crippen molar-refractivity contribution in [2.45, 2.75) is 38.6 Å². The number of nitrogens with zero attached hydrogens (tertiary/aromatic N) is 1. The van der Waals surface area contributed by atoms with Crippen molar-refractivity contribution in [3.63, 3.8) is 0 Å². The van der Waals surface area contributed by atoms with Crippen molar-refractivity contribution in [3.8, 4) is 11.5 Å². The lowest BCUT2D eigenvalue weighted by Gasteiger charge is -2.30. The number of methoxy groups -OCH3 is 2. The number of ether oxygens (including phenoxy) is 2. The van der Waals surface area contributed by atoms with Gasteiger partial charge >= 0.3 is 0 Å². The van der Waals surface area contributed by atoms with E-state index in [0.717, 1.165) is 12.0 Å². The Morgan fingerprint density at radius 1 is 1.26 bits per heavy atom. The third kappa shape index (κ3) is 4.82. The van der Waals surface area contributed by atoms with E-state index in [2.05, 4.69) is 22.8 Å². The van der Waals surface area contributed by atoms with Gasteiger partial charge in [-0.2, -0.15) is 5.10 Å². The predicted octanol–water partition coefficient (Wildman–Crippen LogP) is 3.08. The van der Waals surface area contributed by atoms with Crippen LogP contribution in [0.2, 0.25) is 0 Å². The Morgan fingerprint density at radius 3 is 2.74 bits per heavy atom. The van der Waals surface area contributed by atoms with Crippen LogP contribution in [0.4, 0.5) is 0 Å². The summed E-state index contributed by atoms with van der Waals surface area (Å²) in [7, 11) is 3.22. The Morgan fingerprint density at radius 2 is 2.04 bits per heavy atom. The lowest BCUT2D eigenvalue weighted by Crippen LogP contribution is -2.44. The normalized spacial score (nSPS) is 21.0. The molecule has 1 aromatic rings. The molecule has 1 fully saturated rings. The number of hydrogen-bond donors (Lipinski definition) is 2. The average molecular weight is 335 g/mol. The number of hydrazone groups is 1. The second kappa shape index (κ2) is 8.72. The molecule has 1 aliphatic rings. The highest BCUT2D eigenvalue weighted by Crippen LogP contribution is 2.29. The Bertz CT molecular complexity index is 563. The van der Waals surface area contributed by atoms with Crippen LogP contribution in [0.3, 0.4) is 0 Å². The molecule has 1 aliphatic carbocycles. The third-order valence-corrected chi connectivity index (χ3v) is 4.44. The van der Waals surface area contributed by atoms with Gasteiger partial charge in [0.15, 0.2) is 16.6 Å². The van der Waals surface area contributed by atoms with Gasteiger partial charge in [-0.15, -0.1) is 0 Å². The van der Waals surface area contributed by atoms with Gasteiger partial charge in [0.2, 0.25) is 0 Å². The van der Waals surface area contributed by atoms with Gasteiger partial charge in [-0.25, -0.2) is 0 Å². The maximum absolute atomic E-state index is 5.37. The van der Waals surface area contributed by atoms with Crippen LogP contribution in [0.5, 0.6) is 11.5 Å². The summed E-state index contributed by atoms with van der Waals surface area (Å²) < 4.78 is 10.6. The molecule has 0 saturated heterocycles. The molecule has 0 aromatic heterocycles. The van der Waals surface area contributed by atoms with Crippen LogP contribution in [0.25, 0.3) is 0 Å². The fourth-order valence-electron chi connectivity index (χ4n) is 2.91. The Labute approximate surface area is 143 Å². The largest absolute Gasteiger partial charge is 0.493 e. The number of thiocarbonyl (C=S) groups is 1. The molecule has 5 nitrogen and oxygen atoms in total. The summed E-state index contributed by atoms with van der Waals surface area (Å²) in [5.41, 5.74) is 3.71. The molecule has 0 spiro atoms. The van der Waals surface area contributed by atoms with E-state index in [-0.39, 0.29) is 0 Å². The summed E-state index contributed by atoms with van der Waals surface area (Å²) >= 11 is 5.32. The number of hydrogen-bond acceptors (Lipinski definition) is 4. The van der Waals surface area contributed by atoms with Gasteiger partial charge in [0.1, 0.15) is 0 Å². The second-order valence-corrected chi connectivity index (χ2v) is 6.20. The zero-order valence-corrected chi connectivity index (χ0v) is 14.8. The van der Waals surface area contributed by atoms with Crippen LogP contribution in [0.1, 0.15) is 38.2 Å². The molecule has 0 bridgehead atoms. The summed E-state index contributed by atoms with van der Waals surface area (Å²) in [6, 6.07) is 6.08. The molecule has 0 heterocycles. The maximum atomic E-state index is 5.37. The molecule has 2 N–H and O–H groups in total. The summed E-state index contributed by atoms with van der Waals surface area (Å²) in [4.78, 5) is 0. The number of para-hydroxylation sites is 1. The highest BCUT2D eigenvalue weighted by Gasteiger charge is 2.21. The van der Waals surface area contributed by atoms with Gasteiger partial charge in [-0.05, 0) is 43.1 Å². The Hall–Kier alpha value is -1.82. The summed E-state index contributed by atoms with van der Waals surface area (Å²) in [6.45, 7) is 2.27. The number of rotatable bonds is 5. The first-order chi connectivity index (χ1) is 11.2. The topological polar surface area (TPSA) is 54.9 Å². The highest BCUT2D eigenvalue weighted by atomic mass is 32.1. The quantitative estimate of drug-likeness (QED) is 0.492. The molecular weight excluding hydrogens is 310 g/mol. The third-order valence-electron chi connectivity index (χ3n) is 4.23. The molecule has 1 aromatic carbocycles. The summed E-state index contributed by atoms with van der Waals surface area (Å²) in [5, 5.41) is 8.12. The van der Waals surface area contributed by atoms with E-state index in [1.807, 2.05) is 18.2 Å². The zero-order chi connectivity index (χ0) is 16.7. The highest BCUT2D eigenvalue weighted by molar-refractivity contribution is 7.80. The van der Waals surface area contributed by atoms with Crippen LogP contribution in [0.15, 0.2) is 23.3 Å². The molecule has 1 saturated carbocycles. The van der Waals surface area contributed by atoms with Crippen LogP contribution in [-0.2, 0) is 0 Å². The molecular formula is C17H25N3O2S. The first kappa shape index (κ1) is 17.5. The molecule has 2 rings (SSSR count). The first-order valence-corrected chi connectivity index (χ1v) is 8.37. The number of nitrogens with one attached hydrogen (secondary N) is 2. The lowest BCUT2D eigenvalue weighted by molar-refractivity contribution is 0.308. The molecule has 0 amide bonds. The van der Waals surface area contributed by atoms with Crippen molar-refractivity contribution < 1.29 is 9.47 Å². The van der Waals surface area contributed by atoms with E-state index < -0.39 is 0 Å². The van der Waals surface area contributed by atoms with Gasteiger partial charge in [0.25, 0.3) is 0 Å². The fourth-order valence-corrected chi connectivity index (χ4v) is 3.11. The molecule has 2 atom stereocenters. The van der Waals surface area contributed by atoms with Crippen LogP contribution in [-0.4, -0.2) is 31.6 Å². The SMILES string of the molecule is COc1cccc(/C=N\NC(=S)N[C@H]2CCCC[C@@H]2C)c1OC. The Balaban J connectivity index is 1.92. The van der Waals surface area contributed by atoms with Crippen molar-refractivity contribution >= 4 is 23.5 Å². The van der Waals surface area contributed by atoms with Gasteiger partial charge < -0.3 is 14.8 Å². The van der Waals surface area contributed by atoms with E-state index in [1.165, 1.54) is 19.3 Å². The minimum atomic E-state index is 0.435. The monoisotopic (exact) mass is 335 g/mol. The molecule has 23 heavy (non-hydrogen) atoms. The van der Waals surface area contributed by atoms with E-state index in [0.29, 0.717) is 28.6 Å². The minimum Gasteiger partial charge on any atom is -0.493 e. The molecule has 6 heteroatoms. The fraction of sp³-hybridized carbons (Fsp3) is 0.529. The first-order valence-electron chi connectivity index (χ1n) is 7.96. The minimum absolute atomic E-state index is 0.435. The van der Waals surface area contributed by atoms with Gasteiger partial charge in [0.05, 0.1) is 20.4 Å². The molecule has 0 unspecified atom stereocenters. The van der Waals surface area contributed by atoms with Gasteiger partial charge in [0, 0.05) is 11.6 Å². The second-order valence-electron chi connectivity index (χ2n) is 5.79. The standard InChI is InChI=1S/C17H25N3O2S/c1-12-7-4-5-9-14(12)19-17(23)20-18-11-13-8-6-10-15(21-2)16(13)22-3/h6,8,10-12,14H,4-5,7,9H2,1-3H3,(H2,19,20,23)/b18-11-/t12-,14-/m0/s1. The molecule has 0 radical (unpaired) electrons. The van der Waals surface area contributed by atoms with E-state index >= 15 is 0 Å². The smallest absolute Gasteiger partial charge is 0.187 e. The Kier molecular flexibility index (Phi) is 6.65. The van der Waals surface area contributed by atoms with E-state index in [1.54, 1.807) is 20.4 Å². The predicted molar refractivity (Wildman–Crippen MR) is 97.4 cm³/mol. The van der Waals surface area contributed by atoms with Gasteiger partial charge in [-0.1, -0.05) is 25.8 Å². The number of benzene rings is 1. The summed E-state index contributed by atoms with van der Waals surface area (Å²) in [5.74, 6) is 1.97. The summed E-state index contributed by atoms with van der Waals surface area (Å²) in [6.07, 6.45) is 6.67. The van der Waals surface area contributed by atoms with Crippen molar-refractivity contribution in [3.05, 3.63) is 23.8 Å². The molecule has 0 aliphatic heterocycles. The van der Waals surface area contributed by atoms with Crippen molar-refractivity contribution in [1.82, 2.24) is 10.7 Å². The molecule has 126 valence electrons. The van der Waals surface area contributed by atoms with Crippen LogP contribution >= 0.6 is 12.2 Å². The van der Waals surface area contributed by atoms with Crippen molar-refractivity contribution in [2.75, 3.05) is 14.2 Å². The van der Waals surface area contributed by atoms with E-state index in [4.69, 9.17) is 21.7 Å². The van der Waals surface area contributed by atoms with Crippen LogP contribution < -0.4 is 20.2 Å². The zero-order valence-electron chi connectivity index (χ0n) is 14.0.